The lowest BCUT2D eigenvalue weighted by atomic mass is 10.1. The van der Waals surface area contributed by atoms with Gasteiger partial charge in [-0.2, -0.15) is 12.8 Å². The molecule has 0 spiro atoms. The van der Waals surface area contributed by atoms with Gasteiger partial charge in [0.15, 0.2) is 0 Å². The van der Waals surface area contributed by atoms with Crippen LogP contribution in [0.3, 0.4) is 0 Å². The Morgan fingerprint density at radius 1 is 1.00 bits per heavy atom. The summed E-state index contributed by atoms with van der Waals surface area (Å²) >= 11 is 0. The van der Waals surface area contributed by atoms with Crippen LogP contribution in [0.1, 0.15) is 0 Å². The number of sulfonamides is 1. The van der Waals surface area contributed by atoms with Gasteiger partial charge in [0.05, 0.1) is 10.6 Å². The van der Waals surface area contributed by atoms with E-state index in [-0.39, 0.29) is 16.2 Å². The zero-order valence-electron chi connectivity index (χ0n) is 14.4. The van der Waals surface area contributed by atoms with Crippen molar-refractivity contribution in [2.45, 2.75) is 4.90 Å². The quantitative estimate of drug-likeness (QED) is 0.761. The molecule has 0 saturated carbocycles. The Morgan fingerprint density at radius 2 is 1.63 bits per heavy atom. The molecule has 0 atom stereocenters. The van der Waals surface area contributed by atoms with Crippen molar-refractivity contribution in [2.75, 3.05) is 11.9 Å². The second-order valence-corrected chi connectivity index (χ2v) is 7.34. The first-order valence-corrected chi connectivity index (χ1v) is 9.48. The molecule has 0 amide bonds. The molecule has 3 rings (SSSR count). The standard InChI is InChI=1S/C20H17FN2O3S/c1-23(16-7-3-2-4-8-16)20(24)18-9-5-6-10-19(18)22-27(25,26)17-13-11-15(21)12-14-17/h2-14,24H,1H3/p-1. The molecule has 2 aromatic rings. The highest BCUT2D eigenvalue weighted by atomic mass is 32.2. The van der Waals surface area contributed by atoms with Crippen LogP contribution in [0.4, 0.5) is 10.1 Å². The van der Waals surface area contributed by atoms with E-state index in [2.05, 4.69) is 4.40 Å². The largest absolute Gasteiger partial charge is 0.860 e. The van der Waals surface area contributed by atoms with Gasteiger partial charge in [0.25, 0.3) is 10.0 Å². The molecule has 2 aromatic carbocycles. The Labute approximate surface area is 157 Å². The molecule has 1 aliphatic carbocycles. The van der Waals surface area contributed by atoms with Crippen LogP contribution in [-0.2, 0) is 10.0 Å². The number of nitrogens with zero attached hydrogens (tertiary/aromatic N) is 2. The zero-order chi connectivity index (χ0) is 19.4. The van der Waals surface area contributed by atoms with Crippen molar-refractivity contribution in [2.24, 2.45) is 4.40 Å². The average Bonchev–Trinajstić information content (AvgIpc) is 2.68. The van der Waals surface area contributed by atoms with Gasteiger partial charge >= 0.3 is 0 Å². The molecule has 0 heterocycles. The van der Waals surface area contributed by atoms with Crippen molar-refractivity contribution in [3.05, 3.63) is 96.2 Å². The normalized spacial score (nSPS) is 17.2. The third kappa shape index (κ3) is 4.15. The number of hydrogen-bond acceptors (Lipinski definition) is 4. The van der Waals surface area contributed by atoms with E-state index in [0.29, 0.717) is 5.69 Å². The molecule has 1 aliphatic rings. The van der Waals surface area contributed by atoms with Crippen LogP contribution in [0, 0.1) is 5.82 Å². The number of para-hydroxylation sites is 1. The topological polar surface area (TPSA) is 72.8 Å². The van der Waals surface area contributed by atoms with Crippen LogP contribution >= 0.6 is 0 Å². The fourth-order valence-corrected chi connectivity index (χ4v) is 3.48. The Kier molecular flexibility index (Phi) is 5.23. The number of anilines is 1. The van der Waals surface area contributed by atoms with Gasteiger partial charge in [-0.15, -0.1) is 0 Å². The maximum absolute atomic E-state index is 13.0. The maximum atomic E-state index is 13.0. The average molecular weight is 383 g/mol. The first kappa shape index (κ1) is 18.6. The molecule has 0 radical (unpaired) electrons. The van der Waals surface area contributed by atoms with Crippen LogP contribution in [-0.4, -0.2) is 21.2 Å². The highest BCUT2D eigenvalue weighted by Gasteiger charge is 2.17. The molecule has 5 nitrogen and oxygen atoms in total. The Bertz CT molecular complexity index is 1050. The Balaban J connectivity index is 2.03. The SMILES string of the molecule is CN(C([O-])=C1C=CC=CC1=NS(=O)(=O)c1ccc(F)cc1)c1ccccc1. The summed E-state index contributed by atoms with van der Waals surface area (Å²) in [5.74, 6) is -0.941. The van der Waals surface area contributed by atoms with E-state index in [0.717, 1.165) is 24.3 Å². The minimum atomic E-state index is -4.09. The predicted molar refractivity (Wildman–Crippen MR) is 101 cm³/mol. The van der Waals surface area contributed by atoms with Gasteiger partial charge in [-0.3, -0.25) is 0 Å². The van der Waals surface area contributed by atoms with Gasteiger partial charge in [-0.1, -0.05) is 36.4 Å². The van der Waals surface area contributed by atoms with E-state index in [1.807, 2.05) is 6.07 Å². The minimum Gasteiger partial charge on any atom is -0.860 e. The maximum Gasteiger partial charge on any atom is 0.282 e. The highest BCUT2D eigenvalue weighted by molar-refractivity contribution is 7.90. The monoisotopic (exact) mass is 383 g/mol. The lowest BCUT2D eigenvalue weighted by molar-refractivity contribution is -0.305. The van der Waals surface area contributed by atoms with Gasteiger partial charge in [0, 0.05) is 18.3 Å². The molecule has 0 unspecified atom stereocenters. The molecular formula is C20H16FN2O3S-. The molecule has 0 aliphatic heterocycles. The van der Waals surface area contributed by atoms with Crippen molar-refractivity contribution in [3.8, 4) is 0 Å². The van der Waals surface area contributed by atoms with Crippen LogP contribution in [0.2, 0.25) is 0 Å². The van der Waals surface area contributed by atoms with Crippen molar-refractivity contribution in [3.63, 3.8) is 0 Å². The van der Waals surface area contributed by atoms with E-state index >= 15 is 0 Å². The van der Waals surface area contributed by atoms with Gasteiger partial charge in [-0.25, -0.2) is 4.39 Å². The van der Waals surface area contributed by atoms with Crippen molar-refractivity contribution in [1.82, 2.24) is 0 Å². The van der Waals surface area contributed by atoms with Crippen LogP contribution in [0.15, 0.2) is 99.7 Å². The lowest BCUT2D eigenvalue weighted by Crippen LogP contribution is -2.29. The molecular weight excluding hydrogens is 367 g/mol. The van der Waals surface area contributed by atoms with Gasteiger partial charge < -0.3 is 10.0 Å². The predicted octanol–water partition coefficient (Wildman–Crippen LogP) is 2.79. The number of hydrogen-bond donors (Lipinski definition) is 0. The summed E-state index contributed by atoms with van der Waals surface area (Å²) in [4.78, 5) is 1.27. The van der Waals surface area contributed by atoms with Crippen molar-refractivity contribution in [1.29, 1.82) is 0 Å². The smallest absolute Gasteiger partial charge is 0.282 e. The summed E-state index contributed by atoms with van der Waals surface area (Å²) in [5, 5.41) is 12.9. The lowest BCUT2D eigenvalue weighted by Gasteiger charge is -2.30. The van der Waals surface area contributed by atoms with E-state index in [1.54, 1.807) is 43.5 Å². The van der Waals surface area contributed by atoms with E-state index in [9.17, 15) is 17.9 Å². The third-order valence-corrected chi connectivity index (χ3v) is 5.22. The Hall–Kier alpha value is -3.19. The molecule has 27 heavy (non-hydrogen) atoms. The number of halogens is 1. The van der Waals surface area contributed by atoms with Crippen molar-refractivity contribution < 1.29 is 17.9 Å². The van der Waals surface area contributed by atoms with Gasteiger partial charge in [-0.05, 0) is 48.4 Å². The summed E-state index contributed by atoms with van der Waals surface area (Å²) in [6, 6.07) is 13.3. The fourth-order valence-electron chi connectivity index (χ4n) is 2.47. The van der Waals surface area contributed by atoms with Gasteiger partial charge in [0.1, 0.15) is 5.82 Å². The number of rotatable bonds is 4. The summed E-state index contributed by atoms with van der Waals surface area (Å²) in [7, 11) is -2.49. The molecule has 0 saturated heterocycles. The van der Waals surface area contributed by atoms with Crippen LogP contribution in [0.5, 0.6) is 0 Å². The Morgan fingerprint density at radius 3 is 2.30 bits per heavy atom. The summed E-state index contributed by atoms with van der Waals surface area (Å²) in [6.07, 6.45) is 6.20. The second-order valence-electron chi connectivity index (χ2n) is 5.74. The zero-order valence-corrected chi connectivity index (χ0v) is 15.2. The first-order valence-electron chi connectivity index (χ1n) is 8.04. The molecule has 0 N–H and O–H groups in total. The summed E-state index contributed by atoms with van der Waals surface area (Å²) < 4.78 is 41.9. The molecule has 0 fully saturated rings. The van der Waals surface area contributed by atoms with Crippen LogP contribution < -0.4 is 10.0 Å². The molecule has 0 bridgehead atoms. The first-order chi connectivity index (χ1) is 12.9. The van der Waals surface area contributed by atoms with Crippen LogP contribution in [0.25, 0.3) is 0 Å². The second kappa shape index (κ2) is 7.59. The van der Waals surface area contributed by atoms with E-state index in [1.165, 1.54) is 17.1 Å². The molecule has 138 valence electrons. The minimum absolute atomic E-state index is 0.0228. The fraction of sp³-hybridized carbons (Fsp3) is 0.0500. The highest BCUT2D eigenvalue weighted by Crippen LogP contribution is 2.21. The summed E-state index contributed by atoms with van der Waals surface area (Å²) in [5.41, 5.74) is 0.836. The van der Waals surface area contributed by atoms with E-state index in [4.69, 9.17) is 0 Å². The van der Waals surface area contributed by atoms with E-state index < -0.39 is 21.7 Å². The third-order valence-electron chi connectivity index (χ3n) is 3.91. The van der Waals surface area contributed by atoms with Crippen molar-refractivity contribution >= 4 is 21.4 Å². The summed E-state index contributed by atoms with van der Waals surface area (Å²) in [6.45, 7) is 0. The number of benzene rings is 2. The molecule has 7 heteroatoms. The number of allylic oxidation sites excluding steroid dienone is 5. The molecule has 0 aromatic heterocycles. The van der Waals surface area contributed by atoms with Gasteiger partial charge in [0.2, 0.25) is 0 Å².